The second-order valence-corrected chi connectivity index (χ2v) is 3.30. The third-order valence-corrected chi connectivity index (χ3v) is 2.22. The standard InChI is InChI=1S/C10H15ClN2O/c1-3-14-9-5-4-7(6-8(9)11)10(12)13-2/h4-6,10,13H,3,12H2,1-2H3. The number of rotatable bonds is 4. The molecule has 14 heavy (non-hydrogen) atoms. The number of hydrogen-bond donors (Lipinski definition) is 2. The van der Waals surface area contributed by atoms with Gasteiger partial charge in [0.1, 0.15) is 5.75 Å². The molecule has 1 atom stereocenters. The highest BCUT2D eigenvalue weighted by molar-refractivity contribution is 6.32. The molecule has 1 aromatic rings. The van der Waals surface area contributed by atoms with Crippen LogP contribution in [0.1, 0.15) is 18.7 Å². The maximum absolute atomic E-state index is 6.00. The molecule has 1 aromatic carbocycles. The molecular formula is C10H15ClN2O. The van der Waals surface area contributed by atoms with Crippen molar-refractivity contribution in [2.75, 3.05) is 13.7 Å². The van der Waals surface area contributed by atoms with Crippen LogP contribution in [0.25, 0.3) is 0 Å². The van der Waals surface area contributed by atoms with Crippen molar-refractivity contribution >= 4 is 11.6 Å². The van der Waals surface area contributed by atoms with Gasteiger partial charge in [-0.3, -0.25) is 0 Å². The van der Waals surface area contributed by atoms with E-state index in [-0.39, 0.29) is 6.17 Å². The van der Waals surface area contributed by atoms with Crippen LogP contribution in [0, 0.1) is 0 Å². The van der Waals surface area contributed by atoms with E-state index in [0.717, 1.165) is 5.56 Å². The summed E-state index contributed by atoms with van der Waals surface area (Å²) in [6, 6.07) is 5.55. The minimum absolute atomic E-state index is 0.192. The van der Waals surface area contributed by atoms with E-state index in [1.807, 2.05) is 25.1 Å². The predicted molar refractivity (Wildman–Crippen MR) is 58.6 cm³/mol. The molecule has 1 rings (SSSR count). The number of nitrogens with one attached hydrogen (secondary N) is 1. The van der Waals surface area contributed by atoms with Crippen LogP contribution >= 0.6 is 11.6 Å². The van der Waals surface area contributed by atoms with Crippen LogP contribution in [0.5, 0.6) is 5.75 Å². The van der Waals surface area contributed by atoms with Crippen LogP contribution in [0.4, 0.5) is 0 Å². The Kier molecular flexibility index (Phi) is 4.20. The zero-order valence-electron chi connectivity index (χ0n) is 8.38. The van der Waals surface area contributed by atoms with Crippen molar-refractivity contribution in [2.45, 2.75) is 13.1 Å². The normalized spacial score (nSPS) is 12.6. The van der Waals surface area contributed by atoms with Gasteiger partial charge >= 0.3 is 0 Å². The molecule has 0 aromatic heterocycles. The van der Waals surface area contributed by atoms with Gasteiger partial charge < -0.3 is 15.8 Å². The predicted octanol–water partition coefficient (Wildman–Crippen LogP) is 1.92. The van der Waals surface area contributed by atoms with Gasteiger partial charge in [0, 0.05) is 0 Å². The molecule has 0 bridgehead atoms. The first-order valence-electron chi connectivity index (χ1n) is 4.54. The molecule has 0 heterocycles. The van der Waals surface area contributed by atoms with Crippen LogP contribution in [0.2, 0.25) is 5.02 Å². The fraction of sp³-hybridized carbons (Fsp3) is 0.400. The number of nitrogens with two attached hydrogens (primary N) is 1. The lowest BCUT2D eigenvalue weighted by Crippen LogP contribution is -2.24. The van der Waals surface area contributed by atoms with E-state index >= 15 is 0 Å². The summed E-state index contributed by atoms with van der Waals surface area (Å²) in [7, 11) is 1.80. The first kappa shape index (κ1) is 11.3. The van der Waals surface area contributed by atoms with E-state index in [4.69, 9.17) is 22.1 Å². The number of hydrogen-bond acceptors (Lipinski definition) is 3. The van der Waals surface area contributed by atoms with E-state index in [0.29, 0.717) is 17.4 Å². The average molecular weight is 215 g/mol. The summed E-state index contributed by atoms with van der Waals surface area (Å²) in [5, 5.41) is 3.53. The SMILES string of the molecule is CCOc1ccc(C(N)NC)cc1Cl. The van der Waals surface area contributed by atoms with Gasteiger partial charge in [0.25, 0.3) is 0 Å². The highest BCUT2D eigenvalue weighted by atomic mass is 35.5. The topological polar surface area (TPSA) is 47.3 Å². The van der Waals surface area contributed by atoms with Crippen molar-refractivity contribution in [3.63, 3.8) is 0 Å². The van der Waals surface area contributed by atoms with E-state index in [9.17, 15) is 0 Å². The molecule has 0 saturated carbocycles. The molecule has 0 fully saturated rings. The van der Waals surface area contributed by atoms with Gasteiger partial charge in [0.05, 0.1) is 17.8 Å². The van der Waals surface area contributed by atoms with Crippen LogP contribution < -0.4 is 15.8 Å². The molecule has 0 saturated heterocycles. The summed E-state index contributed by atoms with van der Waals surface area (Å²) in [5.74, 6) is 0.696. The van der Waals surface area contributed by atoms with Crippen molar-refractivity contribution in [3.8, 4) is 5.75 Å². The zero-order valence-corrected chi connectivity index (χ0v) is 9.14. The van der Waals surface area contributed by atoms with Gasteiger partial charge in [-0.05, 0) is 31.7 Å². The second-order valence-electron chi connectivity index (χ2n) is 2.89. The average Bonchev–Trinajstić information content (AvgIpc) is 2.20. The Morgan fingerprint density at radius 3 is 2.79 bits per heavy atom. The fourth-order valence-corrected chi connectivity index (χ4v) is 1.39. The van der Waals surface area contributed by atoms with Gasteiger partial charge in [-0.15, -0.1) is 0 Å². The molecule has 3 N–H and O–H groups in total. The fourth-order valence-electron chi connectivity index (χ4n) is 1.15. The summed E-state index contributed by atoms with van der Waals surface area (Å²) in [4.78, 5) is 0. The van der Waals surface area contributed by atoms with Crippen LogP contribution in [0.3, 0.4) is 0 Å². The molecule has 78 valence electrons. The molecular weight excluding hydrogens is 200 g/mol. The molecule has 4 heteroatoms. The third kappa shape index (κ3) is 2.61. The molecule has 0 spiro atoms. The second kappa shape index (κ2) is 5.20. The van der Waals surface area contributed by atoms with Gasteiger partial charge in [-0.25, -0.2) is 0 Å². The Bertz CT molecular complexity index is 304. The minimum atomic E-state index is -0.192. The van der Waals surface area contributed by atoms with Gasteiger partial charge in [0.2, 0.25) is 0 Å². The van der Waals surface area contributed by atoms with E-state index in [2.05, 4.69) is 5.32 Å². The van der Waals surface area contributed by atoms with E-state index < -0.39 is 0 Å². The molecule has 3 nitrogen and oxygen atoms in total. The maximum atomic E-state index is 6.00. The summed E-state index contributed by atoms with van der Waals surface area (Å²) in [6.45, 7) is 2.53. The summed E-state index contributed by atoms with van der Waals surface area (Å²) in [6.07, 6.45) is -0.192. The first-order chi connectivity index (χ1) is 6.69. The van der Waals surface area contributed by atoms with Gasteiger partial charge in [-0.2, -0.15) is 0 Å². The largest absolute Gasteiger partial charge is 0.492 e. The van der Waals surface area contributed by atoms with Crippen molar-refractivity contribution in [1.82, 2.24) is 5.32 Å². The van der Waals surface area contributed by atoms with Crippen molar-refractivity contribution in [1.29, 1.82) is 0 Å². The molecule has 1 unspecified atom stereocenters. The lowest BCUT2D eigenvalue weighted by Gasteiger charge is -2.12. The van der Waals surface area contributed by atoms with E-state index in [1.54, 1.807) is 7.05 Å². The number of halogens is 1. The Hall–Kier alpha value is -0.770. The van der Waals surface area contributed by atoms with Crippen molar-refractivity contribution in [3.05, 3.63) is 28.8 Å². The Morgan fingerprint density at radius 1 is 1.57 bits per heavy atom. The van der Waals surface area contributed by atoms with Crippen molar-refractivity contribution < 1.29 is 4.74 Å². The lowest BCUT2D eigenvalue weighted by atomic mass is 10.2. The molecule has 0 aliphatic rings. The first-order valence-corrected chi connectivity index (χ1v) is 4.92. The van der Waals surface area contributed by atoms with Gasteiger partial charge in [-0.1, -0.05) is 17.7 Å². The van der Waals surface area contributed by atoms with Crippen LogP contribution in [-0.2, 0) is 0 Å². The highest BCUT2D eigenvalue weighted by Crippen LogP contribution is 2.26. The summed E-state index contributed by atoms with van der Waals surface area (Å²) < 4.78 is 5.31. The quantitative estimate of drug-likeness (QED) is 0.753. The number of ether oxygens (including phenoxy) is 1. The van der Waals surface area contributed by atoms with E-state index in [1.165, 1.54) is 0 Å². The molecule has 0 amide bonds. The lowest BCUT2D eigenvalue weighted by molar-refractivity contribution is 0.340. The monoisotopic (exact) mass is 214 g/mol. The smallest absolute Gasteiger partial charge is 0.137 e. The van der Waals surface area contributed by atoms with Crippen molar-refractivity contribution in [2.24, 2.45) is 5.73 Å². The van der Waals surface area contributed by atoms with Gasteiger partial charge in [0.15, 0.2) is 0 Å². The van der Waals surface area contributed by atoms with Crippen LogP contribution in [0.15, 0.2) is 18.2 Å². The Balaban J connectivity index is 2.88. The summed E-state index contributed by atoms with van der Waals surface area (Å²) in [5.41, 5.74) is 6.72. The Labute approximate surface area is 89.2 Å². The Morgan fingerprint density at radius 2 is 2.29 bits per heavy atom. The third-order valence-electron chi connectivity index (χ3n) is 1.93. The molecule has 0 radical (unpaired) electrons. The minimum Gasteiger partial charge on any atom is -0.492 e. The molecule has 0 aliphatic carbocycles. The number of benzene rings is 1. The summed E-state index contributed by atoms with van der Waals surface area (Å²) >= 11 is 6.00. The zero-order chi connectivity index (χ0) is 10.6. The highest BCUT2D eigenvalue weighted by Gasteiger charge is 2.06. The maximum Gasteiger partial charge on any atom is 0.137 e. The molecule has 0 aliphatic heterocycles. The van der Waals surface area contributed by atoms with Crippen LogP contribution in [-0.4, -0.2) is 13.7 Å².